The van der Waals surface area contributed by atoms with Crippen molar-refractivity contribution in [2.45, 2.75) is 29.0 Å². The molecule has 1 fully saturated rings. The molecule has 0 amide bonds. The van der Waals surface area contributed by atoms with E-state index in [0.29, 0.717) is 11.1 Å². The largest absolute Gasteiger partial charge is 0.415 e. The van der Waals surface area contributed by atoms with Crippen LogP contribution in [0.5, 0.6) is 0 Å². The summed E-state index contributed by atoms with van der Waals surface area (Å²) in [7, 11) is 0. The second-order valence-electron chi connectivity index (χ2n) is 5.80. The highest BCUT2D eigenvalue weighted by atomic mass is 79.9. The van der Waals surface area contributed by atoms with Gasteiger partial charge in [0, 0.05) is 21.3 Å². The van der Waals surface area contributed by atoms with Crippen LogP contribution in [0.25, 0.3) is 21.3 Å². The first-order valence-corrected chi connectivity index (χ1v) is 10.3. The summed E-state index contributed by atoms with van der Waals surface area (Å²) in [6.07, 6.45) is 3.87. The van der Waals surface area contributed by atoms with Crippen molar-refractivity contribution < 1.29 is 4.42 Å². The average Bonchev–Trinajstić information content (AvgIpc) is 3.21. The van der Waals surface area contributed by atoms with Crippen molar-refractivity contribution in [2.75, 3.05) is 0 Å². The molecule has 0 N–H and O–H groups in total. The number of hydrogen-bond donors (Lipinski definition) is 0. The van der Waals surface area contributed by atoms with Crippen molar-refractivity contribution in [3.63, 3.8) is 0 Å². The number of aromatic nitrogens is 4. The molecule has 0 aliphatic heterocycles. The summed E-state index contributed by atoms with van der Waals surface area (Å²) < 4.78 is 6.83. The number of halogens is 1. The van der Waals surface area contributed by atoms with Crippen LogP contribution in [-0.4, -0.2) is 20.2 Å². The van der Waals surface area contributed by atoms with Gasteiger partial charge >= 0.3 is 0 Å². The number of rotatable bonds is 4. The van der Waals surface area contributed by atoms with Crippen LogP contribution < -0.4 is 0 Å². The predicted molar refractivity (Wildman–Crippen MR) is 101 cm³/mol. The first-order valence-electron chi connectivity index (χ1n) is 7.77. The topological polar surface area (TPSA) is 64.7 Å². The zero-order chi connectivity index (χ0) is 16.8. The van der Waals surface area contributed by atoms with E-state index in [4.69, 9.17) is 4.42 Å². The van der Waals surface area contributed by atoms with Gasteiger partial charge in [-0.05, 0) is 42.3 Å². The fourth-order valence-electron chi connectivity index (χ4n) is 2.61. The van der Waals surface area contributed by atoms with Gasteiger partial charge in [-0.2, -0.15) is 0 Å². The third-order valence-electron chi connectivity index (χ3n) is 4.02. The second kappa shape index (κ2) is 6.19. The SMILES string of the molecule is Brc1ccc(-c2csc3ncnc(Sc4nnc(C5CC5)o4)c23)cc1. The van der Waals surface area contributed by atoms with Crippen molar-refractivity contribution >= 4 is 49.2 Å². The molecule has 1 saturated carbocycles. The van der Waals surface area contributed by atoms with Gasteiger partial charge < -0.3 is 4.42 Å². The molecule has 5 rings (SSSR count). The highest BCUT2D eigenvalue weighted by Gasteiger charge is 2.29. The van der Waals surface area contributed by atoms with E-state index < -0.39 is 0 Å². The molecule has 0 unspecified atom stereocenters. The molecule has 0 radical (unpaired) electrons. The van der Waals surface area contributed by atoms with E-state index in [2.05, 4.69) is 53.6 Å². The lowest BCUT2D eigenvalue weighted by molar-refractivity contribution is 0.414. The Morgan fingerprint density at radius 1 is 1.12 bits per heavy atom. The molecule has 3 heterocycles. The summed E-state index contributed by atoms with van der Waals surface area (Å²) in [4.78, 5) is 9.83. The molecular formula is C17H11BrN4OS2. The Hall–Kier alpha value is -1.77. The molecule has 25 heavy (non-hydrogen) atoms. The highest BCUT2D eigenvalue weighted by Crippen LogP contribution is 2.42. The summed E-state index contributed by atoms with van der Waals surface area (Å²) in [6.45, 7) is 0. The third kappa shape index (κ3) is 2.98. The minimum atomic E-state index is 0.451. The Kier molecular flexibility index (Phi) is 3.83. The summed E-state index contributed by atoms with van der Waals surface area (Å²) in [5.74, 6) is 1.19. The highest BCUT2D eigenvalue weighted by molar-refractivity contribution is 9.10. The van der Waals surface area contributed by atoms with Crippen LogP contribution in [-0.2, 0) is 0 Å². The summed E-state index contributed by atoms with van der Waals surface area (Å²) in [6, 6.07) is 8.25. The Morgan fingerprint density at radius 3 is 2.76 bits per heavy atom. The van der Waals surface area contributed by atoms with Crippen LogP contribution in [0.1, 0.15) is 24.7 Å². The van der Waals surface area contributed by atoms with Crippen LogP contribution in [0.15, 0.2) is 55.1 Å². The summed E-state index contributed by atoms with van der Waals surface area (Å²) in [5, 5.41) is 12.8. The van der Waals surface area contributed by atoms with Gasteiger partial charge in [-0.15, -0.1) is 21.5 Å². The van der Waals surface area contributed by atoms with Crippen LogP contribution in [0.4, 0.5) is 0 Å². The monoisotopic (exact) mass is 430 g/mol. The number of fused-ring (bicyclic) bond motifs is 1. The van der Waals surface area contributed by atoms with Gasteiger partial charge in [-0.25, -0.2) is 9.97 Å². The second-order valence-corrected chi connectivity index (χ2v) is 8.51. The zero-order valence-electron chi connectivity index (χ0n) is 12.8. The fraction of sp³-hybridized carbons (Fsp3) is 0.176. The third-order valence-corrected chi connectivity index (χ3v) is 6.28. The fourth-order valence-corrected chi connectivity index (χ4v) is 4.63. The van der Waals surface area contributed by atoms with E-state index in [-0.39, 0.29) is 0 Å². The first kappa shape index (κ1) is 15.5. The number of hydrogen-bond acceptors (Lipinski definition) is 7. The Morgan fingerprint density at radius 2 is 1.96 bits per heavy atom. The molecule has 1 aromatic carbocycles. The quantitative estimate of drug-likeness (QED) is 0.396. The molecule has 1 aliphatic rings. The van der Waals surface area contributed by atoms with Gasteiger partial charge in [0.05, 0.1) is 5.39 Å². The van der Waals surface area contributed by atoms with Crippen LogP contribution >= 0.6 is 39.0 Å². The summed E-state index contributed by atoms with van der Waals surface area (Å²) >= 11 is 6.50. The molecule has 4 aromatic rings. The molecule has 3 aromatic heterocycles. The van der Waals surface area contributed by atoms with E-state index in [1.165, 1.54) is 11.8 Å². The Balaban J connectivity index is 1.57. The minimum absolute atomic E-state index is 0.451. The molecule has 5 nitrogen and oxygen atoms in total. The Bertz CT molecular complexity index is 1060. The molecule has 8 heteroatoms. The van der Waals surface area contributed by atoms with E-state index in [0.717, 1.165) is 49.6 Å². The lowest BCUT2D eigenvalue weighted by atomic mass is 10.1. The number of benzene rings is 1. The predicted octanol–water partition coefficient (Wildman–Crippen LogP) is 5.53. The zero-order valence-corrected chi connectivity index (χ0v) is 16.1. The van der Waals surface area contributed by atoms with E-state index >= 15 is 0 Å². The standard InChI is InChI=1S/C17H11BrN4OS2/c18-11-5-3-9(4-6-11)12-7-24-15-13(12)16(20-8-19-15)25-17-22-21-14(23-17)10-1-2-10/h3-8,10H,1-2H2. The number of thiophene rings is 1. The van der Waals surface area contributed by atoms with Gasteiger partial charge in [-0.3, -0.25) is 0 Å². The molecular weight excluding hydrogens is 420 g/mol. The van der Waals surface area contributed by atoms with Crippen molar-refractivity contribution in [3.8, 4) is 11.1 Å². The van der Waals surface area contributed by atoms with Gasteiger partial charge in [0.1, 0.15) is 16.2 Å². The normalized spacial score (nSPS) is 14.3. The van der Waals surface area contributed by atoms with Crippen molar-refractivity contribution in [1.82, 2.24) is 20.2 Å². The molecule has 0 atom stereocenters. The smallest absolute Gasteiger partial charge is 0.282 e. The lowest BCUT2D eigenvalue weighted by Gasteiger charge is -2.03. The van der Waals surface area contributed by atoms with Crippen LogP contribution in [0.3, 0.4) is 0 Å². The molecule has 1 aliphatic carbocycles. The maximum absolute atomic E-state index is 5.78. The molecule has 0 bridgehead atoms. The van der Waals surface area contributed by atoms with Crippen LogP contribution in [0, 0.1) is 0 Å². The minimum Gasteiger partial charge on any atom is -0.415 e. The van der Waals surface area contributed by atoms with Crippen molar-refractivity contribution in [2.24, 2.45) is 0 Å². The van der Waals surface area contributed by atoms with Gasteiger partial charge in [0.15, 0.2) is 0 Å². The van der Waals surface area contributed by atoms with Crippen molar-refractivity contribution in [1.29, 1.82) is 0 Å². The number of nitrogens with zero attached hydrogens (tertiary/aromatic N) is 4. The van der Waals surface area contributed by atoms with E-state index in [1.807, 2.05) is 12.1 Å². The van der Waals surface area contributed by atoms with E-state index in [9.17, 15) is 0 Å². The van der Waals surface area contributed by atoms with Gasteiger partial charge in [-0.1, -0.05) is 28.1 Å². The first-order chi connectivity index (χ1) is 12.3. The maximum atomic E-state index is 5.78. The summed E-state index contributed by atoms with van der Waals surface area (Å²) in [5.41, 5.74) is 2.26. The average molecular weight is 431 g/mol. The Labute approximate surface area is 160 Å². The van der Waals surface area contributed by atoms with Crippen molar-refractivity contribution in [3.05, 3.63) is 46.3 Å². The van der Waals surface area contributed by atoms with E-state index in [1.54, 1.807) is 17.7 Å². The van der Waals surface area contributed by atoms with Crippen LogP contribution in [0.2, 0.25) is 0 Å². The van der Waals surface area contributed by atoms with Gasteiger partial charge in [0.2, 0.25) is 5.89 Å². The van der Waals surface area contributed by atoms with Gasteiger partial charge in [0.25, 0.3) is 5.22 Å². The molecule has 0 saturated heterocycles. The molecule has 124 valence electrons. The lowest BCUT2D eigenvalue weighted by Crippen LogP contribution is -1.86. The maximum Gasteiger partial charge on any atom is 0.282 e. The molecule has 0 spiro atoms.